The summed E-state index contributed by atoms with van der Waals surface area (Å²) in [4.78, 5) is 157. The van der Waals surface area contributed by atoms with E-state index in [2.05, 4.69) is 47.2 Å². The number of amides is 11. The maximum absolute atomic E-state index is 14.6. The molecule has 4 rings (SSSR count). The topological polar surface area (TPSA) is 431 Å². The van der Waals surface area contributed by atoms with Gasteiger partial charge in [-0.25, -0.2) is 0 Å². The molecule has 0 spiro atoms. The highest BCUT2D eigenvalue weighted by Gasteiger charge is 2.40. The quantitative estimate of drug-likeness (QED) is 0.0272. The molecule has 2 saturated heterocycles. The Morgan fingerprint density at radius 1 is 0.753 bits per heavy atom. The number of likely N-dealkylation sites (tertiary alicyclic amines) is 1. The van der Waals surface area contributed by atoms with Crippen LogP contribution in [0.2, 0.25) is 0 Å². The van der Waals surface area contributed by atoms with Gasteiger partial charge in [0, 0.05) is 62.7 Å². The largest absolute Gasteiger partial charge is 0.370 e. The third-order valence-electron chi connectivity index (χ3n) is 11.3. The zero-order valence-corrected chi connectivity index (χ0v) is 41.5. The van der Waals surface area contributed by atoms with Gasteiger partial charge in [-0.2, -0.15) is 0 Å². The summed E-state index contributed by atoms with van der Waals surface area (Å²) < 4.78 is 0. The molecule has 2 aromatic rings. The van der Waals surface area contributed by atoms with Gasteiger partial charge in [0.15, 0.2) is 5.96 Å². The zero-order chi connectivity index (χ0) is 53.5. The van der Waals surface area contributed by atoms with Crippen molar-refractivity contribution in [2.75, 3.05) is 31.1 Å². The summed E-state index contributed by atoms with van der Waals surface area (Å²) in [7, 11) is 2.22. The van der Waals surface area contributed by atoms with Gasteiger partial charge in [0.1, 0.15) is 42.3 Å². The zero-order valence-electron chi connectivity index (χ0n) is 39.9. The number of hydrogen-bond donors (Lipinski definition) is 12. The number of carbonyl (C=O) groups excluding carboxylic acids is 11. The van der Waals surface area contributed by atoms with E-state index in [-0.39, 0.29) is 69.1 Å². The smallest absolute Gasteiger partial charge is 0.246 e. The third kappa shape index (κ3) is 20.3. The van der Waals surface area contributed by atoms with Gasteiger partial charge in [-0.1, -0.05) is 58.0 Å². The van der Waals surface area contributed by atoms with Crippen molar-refractivity contribution in [2.45, 2.75) is 107 Å². The molecule has 7 atom stereocenters. The van der Waals surface area contributed by atoms with E-state index < -0.39 is 133 Å². The number of nitrogens with zero attached hydrogens (tertiary/aromatic N) is 3. The van der Waals surface area contributed by atoms with Crippen molar-refractivity contribution in [1.29, 1.82) is 0 Å². The van der Waals surface area contributed by atoms with E-state index in [1.165, 1.54) is 17.3 Å². The van der Waals surface area contributed by atoms with Gasteiger partial charge < -0.3 is 70.8 Å². The van der Waals surface area contributed by atoms with Crippen LogP contribution in [0.1, 0.15) is 62.5 Å². The third-order valence-corrected chi connectivity index (χ3v) is 13.7. The Hall–Kier alpha value is -7.49. The van der Waals surface area contributed by atoms with Crippen LogP contribution in [-0.2, 0) is 65.6 Å². The van der Waals surface area contributed by atoms with Crippen LogP contribution in [0.3, 0.4) is 0 Å². The van der Waals surface area contributed by atoms with Crippen LogP contribution in [-0.4, -0.2) is 154 Å². The molecule has 73 heavy (non-hydrogen) atoms. The Morgan fingerprint density at radius 3 is 2.05 bits per heavy atom. The first-order valence-electron chi connectivity index (χ1n) is 23.3. The number of rotatable bonds is 19. The van der Waals surface area contributed by atoms with E-state index in [1.807, 2.05) is 0 Å². The van der Waals surface area contributed by atoms with Gasteiger partial charge in [-0.15, -0.1) is 0 Å². The van der Waals surface area contributed by atoms with Crippen molar-refractivity contribution < 1.29 is 52.7 Å². The summed E-state index contributed by atoms with van der Waals surface area (Å²) in [6.07, 6.45) is 1.87. The van der Waals surface area contributed by atoms with E-state index in [9.17, 15) is 52.7 Å². The molecule has 396 valence electrons. The summed E-state index contributed by atoms with van der Waals surface area (Å²) in [5, 5.41) is 18.0. The minimum absolute atomic E-state index is 0.0189. The molecule has 3 heterocycles. The molecule has 2 aliphatic rings. The summed E-state index contributed by atoms with van der Waals surface area (Å²) in [5.41, 5.74) is 28.2. The maximum Gasteiger partial charge on any atom is 0.246 e. The Labute approximate surface area is 428 Å². The standard InChI is InChI=1S/C45H63N15O11S2/c46-34(61)13-12-28-39(66)58-31(21-35(47)62)42(69)59-32(44(71)60-17-6-11-33(60)43(70)56-27(10-5-16-52-45(49)50)38(65)53-23-36(48)63)24-73-72-18-14-37(64)54-29(20-26-9-4-15-51-22-26)40(67)57-30(41(68)55-28)19-25-7-2-1-3-8-25/h1-4,7-9,15,22,27-33H,5-6,10-14,16-21,23-24H2,(H2,46,61)(H2,47,62)(H2,48,63)(H,53,65)(H,54,64)(H,55,68)(H,56,70)(H,57,67)(H,58,66)(H,59,69)(H4,49,50,52)/t27-,28?,29?,30-,31?,32-,33-/m0/s1. The highest BCUT2D eigenvalue weighted by Crippen LogP contribution is 2.26. The molecule has 26 nitrogen and oxygen atoms in total. The molecular formula is C45H63N15O11S2. The average molecular weight is 1050 g/mol. The van der Waals surface area contributed by atoms with E-state index in [4.69, 9.17) is 28.7 Å². The van der Waals surface area contributed by atoms with Crippen molar-refractivity contribution in [3.8, 4) is 0 Å². The first-order valence-corrected chi connectivity index (χ1v) is 25.8. The van der Waals surface area contributed by atoms with Gasteiger partial charge in [-0.3, -0.25) is 62.7 Å². The van der Waals surface area contributed by atoms with Crippen LogP contribution in [0.15, 0.2) is 59.9 Å². The normalized spacial score (nSPS) is 21.9. The fraction of sp³-hybridized carbons (Fsp3) is 0.489. The molecule has 11 amide bonds. The van der Waals surface area contributed by atoms with Gasteiger partial charge in [0.05, 0.1) is 13.0 Å². The predicted molar refractivity (Wildman–Crippen MR) is 268 cm³/mol. The Morgan fingerprint density at radius 2 is 1.40 bits per heavy atom. The molecule has 1 aromatic heterocycles. The second kappa shape index (κ2) is 29.8. The Bertz CT molecular complexity index is 2330. The van der Waals surface area contributed by atoms with Gasteiger partial charge >= 0.3 is 0 Å². The van der Waals surface area contributed by atoms with Crippen LogP contribution in [0.5, 0.6) is 0 Å². The Kier molecular flexibility index (Phi) is 23.7. The number of aliphatic imine (C=N–C) groups is 1. The van der Waals surface area contributed by atoms with Crippen LogP contribution in [0.4, 0.5) is 0 Å². The lowest BCUT2D eigenvalue weighted by atomic mass is 10.0. The molecule has 0 aliphatic carbocycles. The number of nitrogens with one attached hydrogen (secondary N) is 7. The number of benzene rings is 1. The Balaban J connectivity index is 1.68. The van der Waals surface area contributed by atoms with E-state index in [0.717, 1.165) is 21.6 Å². The van der Waals surface area contributed by atoms with Gasteiger partial charge in [0.25, 0.3) is 0 Å². The number of nitrogens with two attached hydrogens (primary N) is 5. The molecular weight excluding hydrogens is 991 g/mol. The molecule has 0 saturated carbocycles. The van der Waals surface area contributed by atoms with Crippen molar-refractivity contribution in [3.05, 3.63) is 66.0 Å². The van der Waals surface area contributed by atoms with Gasteiger partial charge in [-0.05, 0) is 49.3 Å². The average Bonchev–Trinajstić information content (AvgIpc) is 3.84. The maximum atomic E-state index is 14.6. The minimum atomic E-state index is -1.76. The van der Waals surface area contributed by atoms with Crippen LogP contribution >= 0.6 is 21.6 Å². The summed E-state index contributed by atoms with van der Waals surface area (Å²) in [5.74, 6) is -9.52. The molecule has 1 aromatic carbocycles. The lowest BCUT2D eigenvalue weighted by Gasteiger charge is -2.31. The van der Waals surface area contributed by atoms with E-state index in [1.54, 1.807) is 42.5 Å². The monoisotopic (exact) mass is 1050 g/mol. The molecule has 28 heteroatoms. The van der Waals surface area contributed by atoms with Gasteiger partial charge in [0.2, 0.25) is 65.0 Å². The highest BCUT2D eigenvalue weighted by molar-refractivity contribution is 8.76. The number of guanidine groups is 1. The first-order chi connectivity index (χ1) is 34.8. The van der Waals surface area contributed by atoms with Crippen molar-refractivity contribution in [1.82, 2.24) is 47.1 Å². The number of pyridine rings is 1. The van der Waals surface area contributed by atoms with Crippen molar-refractivity contribution in [2.24, 2.45) is 33.7 Å². The predicted octanol–water partition coefficient (Wildman–Crippen LogP) is -4.65. The lowest BCUT2D eigenvalue weighted by molar-refractivity contribution is -0.142. The molecule has 0 radical (unpaired) electrons. The molecule has 0 bridgehead atoms. The fourth-order valence-corrected chi connectivity index (χ4v) is 9.81. The van der Waals surface area contributed by atoms with Crippen LogP contribution in [0, 0.1) is 0 Å². The minimum Gasteiger partial charge on any atom is -0.370 e. The number of carbonyl (C=O) groups is 11. The number of hydrogen-bond acceptors (Lipinski definition) is 15. The van der Waals surface area contributed by atoms with E-state index >= 15 is 0 Å². The SMILES string of the molecule is NC(=O)CCC1NC(=O)[C@H](Cc2ccccc2)NC(=O)C(Cc2cccnc2)NC(=O)CCSSC[C@@H](C(=O)N2CCC[C@H]2C(=O)N[C@@H](CCCN=C(N)N)C(=O)NCC(N)=O)NC(=O)C(CC(N)=O)NC1=O. The molecule has 3 unspecified atom stereocenters. The summed E-state index contributed by atoms with van der Waals surface area (Å²) in [6.45, 7) is -0.383. The van der Waals surface area contributed by atoms with Crippen LogP contribution < -0.4 is 65.9 Å². The van der Waals surface area contributed by atoms with Crippen LogP contribution in [0.25, 0.3) is 0 Å². The molecule has 2 aliphatic heterocycles. The summed E-state index contributed by atoms with van der Waals surface area (Å²) >= 11 is 0. The number of primary amides is 3. The second-order valence-corrected chi connectivity index (χ2v) is 19.7. The molecule has 2 fully saturated rings. The second-order valence-electron chi connectivity index (χ2n) is 17.0. The van der Waals surface area contributed by atoms with E-state index in [0.29, 0.717) is 17.5 Å². The lowest BCUT2D eigenvalue weighted by Crippen LogP contribution is -2.61. The number of aromatic nitrogens is 1. The fourth-order valence-electron chi connectivity index (χ4n) is 7.67. The summed E-state index contributed by atoms with van der Waals surface area (Å²) in [6, 6.07) is 2.15. The van der Waals surface area contributed by atoms with Crippen molar-refractivity contribution >= 4 is 92.5 Å². The van der Waals surface area contributed by atoms with Crippen molar-refractivity contribution in [3.63, 3.8) is 0 Å². The first kappa shape index (κ1) is 58.1. The highest BCUT2D eigenvalue weighted by atomic mass is 33.1. The molecule has 17 N–H and O–H groups in total.